The predicted molar refractivity (Wildman–Crippen MR) is 64.3 cm³/mol. The molecule has 0 saturated carbocycles. The molecule has 3 nitrogen and oxygen atoms in total. The van der Waals surface area contributed by atoms with Crippen molar-refractivity contribution in [3.8, 4) is 0 Å². The van der Waals surface area contributed by atoms with Gasteiger partial charge in [-0.2, -0.15) is 0 Å². The number of hydrogen-bond acceptors (Lipinski definition) is 3. The number of benzene rings is 1. The van der Waals surface area contributed by atoms with Crippen LogP contribution in [0.5, 0.6) is 0 Å². The highest BCUT2D eigenvalue weighted by molar-refractivity contribution is 5.90. The van der Waals surface area contributed by atoms with Gasteiger partial charge in [0.05, 0.1) is 12.1 Å². The second kappa shape index (κ2) is 3.76. The quantitative estimate of drug-likeness (QED) is 0.792. The van der Waals surface area contributed by atoms with Crippen molar-refractivity contribution in [3.05, 3.63) is 36.0 Å². The standard InChI is InChI=1S/C13H14N2O/c14-11-7-13(9-5-6-16-8-9)15-12-4-2-1-3-10(11)12/h1-4,7,9H,5-6,8H2,(H2,14,15)/t9-/m0/s1. The summed E-state index contributed by atoms with van der Waals surface area (Å²) in [5, 5.41) is 1.03. The van der Waals surface area contributed by atoms with Gasteiger partial charge in [-0.25, -0.2) is 0 Å². The predicted octanol–water partition coefficient (Wildman–Crippen LogP) is 2.32. The van der Waals surface area contributed by atoms with E-state index in [0.29, 0.717) is 5.92 Å². The smallest absolute Gasteiger partial charge is 0.0726 e. The first-order valence-electron chi connectivity index (χ1n) is 5.57. The fourth-order valence-corrected chi connectivity index (χ4v) is 2.20. The highest BCUT2D eigenvalue weighted by Crippen LogP contribution is 2.28. The SMILES string of the molecule is Nc1cc([C@H]2CCOC2)nc2ccccc12. The number of aromatic nitrogens is 1. The van der Waals surface area contributed by atoms with E-state index >= 15 is 0 Å². The molecule has 1 aromatic heterocycles. The first-order chi connectivity index (χ1) is 7.84. The molecule has 1 aliphatic heterocycles. The topological polar surface area (TPSA) is 48.1 Å². The lowest BCUT2D eigenvalue weighted by Gasteiger charge is -2.10. The molecule has 1 atom stereocenters. The fraction of sp³-hybridized carbons (Fsp3) is 0.308. The van der Waals surface area contributed by atoms with Crippen LogP contribution in [0.15, 0.2) is 30.3 Å². The zero-order valence-electron chi connectivity index (χ0n) is 9.02. The van der Waals surface area contributed by atoms with E-state index in [1.165, 1.54) is 0 Å². The summed E-state index contributed by atoms with van der Waals surface area (Å²) in [6.45, 7) is 1.60. The van der Waals surface area contributed by atoms with Crippen LogP contribution in [0.4, 0.5) is 5.69 Å². The van der Waals surface area contributed by atoms with Gasteiger partial charge < -0.3 is 10.5 Å². The number of ether oxygens (including phenoxy) is 1. The van der Waals surface area contributed by atoms with Crippen molar-refractivity contribution in [2.75, 3.05) is 18.9 Å². The molecule has 2 aromatic rings. The van der Waals surface area contributed by atoms with Crippen LogP contribution < -0.4 is 5.73 Å². The third-order valence-corrected chi connectivity index (χ3v) is 3.12. The summed E-state index contributed by atoms with van der Waals surface area (Å²) in [6, 6.07) is 9.97. The Labute approximate surface area is 94.2 Å². The number of nitrogens with two attached hydrogens (primary N) is 1. The van der Waals surface area contributed by atoms with Gasteiger partial charge in [0.2, 0.25) is 0 Å². The molecule has 1 saturated heterocycles. The Kier molecular flexibility index (Phi) is 2.26. The number of rotatable bonds is 1. The first-order valence-corrected chi connectivity index (χ1v) is 5.57. The van der Waals surface area contributed by atoms with Gasteiger partial charge in [-0.3, -0.25) is 4.98 Å². The highest BCUT2D eigenvalue weighted by Gasteiger charge is 2.19. The number of anilines is 1. The van der Waals surface area contributed by atoms with Gasteiger partial charge in [-0.05, 0) is 18.6 Å². The molecule has 0 amide bonds. The monoisotopic (exact) mass is 214 g/mol. The molecule has 1 aliphatic rings. The molecule has 82 valence electrons. The summed E-state index contributed by atoms with van der Waals surface area (Å²) in [6.07, 6.45) is 1.05. The van der Waals surface area contributed by atoms with Crippen LogP contribution in [0, 0.1) is 0 Å². The van der Waals surface area contributed by atoms with Crippen molar-refractivity contribution < 1.29 is 4.74 Å². The van der Waals surface area contributed by atoms with Gasteiger partial charge in [0.1, 0.15) is 0 Å². The Balaban J connectivity index is 2.13. The number of fused-ring (bicyclic) bond motifs is 1. The van der Waals surface area contributed by atoms with Crippen molar-refractivity contribution in [2.24, 2.45) is 0 Å². The van der Waals surface area contributed by atoms with Gasteiger partial charge in [0.25, 0.3) is 0 Å². The van der Waals surface area contributed by atoms with Gasteiger partial charge >= 0.3 is 0 Å². The third-order valence-electron chi connectivity index (χ3n) is 3.12. The highest BCUT2D eigenvalue weighted by atomic mass is 16.5. The van der Waals surface area contributed by atoms with E-state index in [-0.39, 0.29) is 0 Å². The summed E-state index contributed by atoms with van der Waals surface area (Å²) in [4.78, 5) is 4.66. The number of para-hydroxylation sites is 1. The summed E-state index contributed by atoms with van der Waals surface area (Å²) in [7, 11) is 0. The molecule has 1 fully saturated rings. The van der Waals surface area contributed by atoms with Crippen LogP contribution >= 0.6 is 0 Å². The largest absolute Gasteiger partial charge is 0.398 e. The molecule has 0 unspecified atom stereocenters. The molecule has 1 aromatic carbocycles. The number of pyridine rings is 1. The van der Waals surface area contributed by atoms with Crippen LogP contribution in [0.2, 0.25) is 0 Å². The molecule has 0 bridgehead atoms. The summed E-state index contributed by atoms with van der Waals surface area (Å²) >= 11 is 0. The zero-order valence-corrected chi connectivity index (χ0v) is 9.02. The molecule has 2 N–H and O–H groups in total. The Bertz CT molecular complexity index is 518. The average Bonchev–Trinajstić information content (AvgIpc) is 2.82. The number of nitrogen functional groups attached to an aromatic ring is 1. The van der Waals surface area contributed by atoms with Crippen molar-refractivity contribution in [2.45, 2.75) is 12.3 Å². The Morgan fingerprint density at radius 3 is 3.00 bits per heavy atom. The lowest BCUT2D eigenvalue weighted by atomic mass is 10.0. The Morgan fingerprint density at radius 1 is 1.31 bits per heavy atom. The minimum Gasteiger partial charge on any atom is -0.398 e. The third kappa shape index (κ3) is 1.53. The molecule has 0 aliphatic carbocycles. The lowest BCUT2D eigenvalue weighted by molar-refractivity contribution is 0.193. The first kappa shape index (κ1) is 9.60. The molecule has 0 radical (unpaired) electrons. The van der Waals surface area contributed by atoms with Gasteiger partial charge in [0.15, 0.2) is 0 Å². The molecule has 0 spiro atoms. The van der Waals surface area contributed by atoms with Gasteiger partial charge in [-0.15, -0.1) is 0 Å². The van der Waals surface area contributed by atoms with E-state index in [2.05, 4.69) is 4.98 Å². The maximum absolute atomic E-state index is 6.04. The van der Waals surface area contributed by atoms with Gasteiger partial charge in [0, 0.05) is 29.3 Å². The van der Waals surface area contributed by atoms with E-state index in [1.807, 2.05) is 30.3 Å². The lowest BCUT2D eigenvalue weighted by Crippen LogP contribution is -2.02. The number of hydrogen-bond donors (Lipinski definition) is 1. The summed E-state index contributed by atoms with van der Waals surface area (Å²) in [5.41, 5.74) is 8.90. The minimum atomic E-state index is 0.409. The second-order valence-electron chi connectivity index (χ2n) is 4.21. The van der Waals surface area contributed by atoms with Crippen LogP contribution in [-0.2, 0) is 4.74 Å². The Hall–Kier alpha value is -1.61. The Morgan fingerprint density at radius 2 is 2.19 bits per heavy atom. The van der Waals surface area contributed by atoms with Crippen LogP contribution in [-0.4, -0.2) is 18.2 Å². The maximum Gasteiger partial charge on any atom is 0.0726 e. The van der Waals surface area contributed by atoms with Crippen LogP contribution in [0.25, 0.3) is 10.9 Å². The second-order valence-corrected chi connectivity index (χ2v) is 4.21. The van der Waals surface area contributed by atoms with Crippen molar-refractivity contribution in [1.29, 1.82) is 0 Å². The fourth-order valence-electron chi connectivity index (χ4n) is 2.20. The molecule has 2 heterocycles. The van der Waals surface area contributed by atoms with Crippen LogP contribution in [0.1, 0.15) is 18.0 Å². The van der Waals surface area contributed by atoms with Crippen molar-refractivity contribution in [1.82, 2.24) is 4.98 Å². The van der Waals surface area contributed by atoms with Crippen molar-refractivity contribution in [3.63, 3.8) is 0 Å². The van der Waals surface area contributed by atoms with Crippen LogP contribution in [0.3, 0.4) is 0 Å². The van der Waals surface area contributed by atoms with E-state index in [9.17, 15) is 0 Å². The molecular formula is C13H14N2O. The minimum absolute atomic E-state index is 0.409. The molecule has 3 rings (SSSR count). The maximum atomic E-state index is 6.04. The molecule has 16 heavy (non-hydrogen) atoms. The molecular weight excluding hydrogens is 200 g/mol. The van der Waals surface area contributed by atoms with E-state index < -0.39 is 0 Å². The van der Waals surface area contributed by atoms with E-state index in [4.69, 9.17) is 10.5 Å². The van der Waals surface area contributed by atoms with E-state index in [0.717, 1.165) is 41.9 Å². The molecule has 3 heteroatoms. The van der Waals surface area contributed by atoms with E-state index in [1.54, 1.807) is 0 Å². The summed E-state index contributed by atoms with van der Waals surface area (Å²) in [5.74, 6) is 0.409. The number of nitrogens with zero attached hydrogens (tertiary/aromatic N) is 1. The zero-order chi connectivity index (χ0) is 11.0. The normalized spacial score (nSPS) is 20.4. The summed E-state index contributed by atoms with van der Waals surface area (Å²) < 4.78 is 5.38. The average molecular weight is 214 g/mol. The van der Waals surface area contributed by atoms with Gasteiger partial charge in [-0.1, -0.05) is 18.2 Å². The van der Waals surface area contributed by atoms with Crippen molar-refractivity contribution >= 4 is 16.6 Å².